The van der Waals surface area contributed by atoms with Crippen LogP contribution in [0.25, 0.3) is 0 Å². The summed E-state index contributed by atoms with van der Waals surface area (Å²) in [7, 11) is 2.19. The lowest BCUT2D eigenvalue weighted by Crippen LogP contribution is -2.30. The Bertz CT molecular complexity index is 325. The van der Waals surface area contributed by atoms with Crippen molar-refractivity contribution >= 4 is 5.69 Å². The second-order valence-electron chi connectivity index (χ2n) is 5.28. The summed E-state index contributed by atoms with van der Waals surface area (Å²) in [5.74, 6) is 0. The second kappa shape index (κ2) is 7.42. The van der Waals surface area contributed by atoms with Crippen LogP contribution in [0.2, 0.25) is 0 Å². The van der Waals surface area contributed by atoms with E-state index in [4.69, 9.17) is 0 Å². The van der Waals surface area contributed by atoms with E-state index in [2.05, 4.69) is 69.2 Å². The lowest BCUT2D eigenvalue weighted by atomic mass is 10.1. The monoisotopic (exact) mass is 248 g/mol. The summed E-state index contributed by atoms with van der Waals surface area (Å²) in [6.45, 7) is 9.81. The first kappa shape index (κ1) is 15.0. The summed E-state index contributed by atoms with van der Waals surface area (Å²) in [6.07, 6.45) is 2.40. The molecule has 1 aromatic rings. The molecule has 0 bridgehead atoms. The predicted molar refractivity (Wildman–Crippen MR) is 81.2 cm³/mol. The molecule has 0 saturated heterocycles. The molecule has 2 nitrogen and oxygen atoms in total. The van der Waals surface area contributed by atoms with Gasteiger partial charge in [-0.15, -0.1) is 0 Å². The van der Waals surface area contributed by atoms with Crippen LogP contribution in [0.3, 0.4) is 0 Å². The fourth-order valence-corrected chi connectivity index (χ4v) is 2.22. The van der Waals surface area contributed by atoms with Crippen LogP contribution in [0.1, 0.15) is 46.1 Å². The van der Waals surface area contributed by atoms with Gasteiger partial charge in [-0.3, -0.25) is 0 Å². The molecule has 0 radical (unpaired) electrons. The summed E-state index contributed by atoms with van der Waals surface area (Å²) in [5.41, 5.74) is 2.67. The third-order valence-electron chi connectivity index (χ3n) is 3.55. The van der Waals surface area contributed by atoms with E-state index in [0.29, 0.717) is 12.1 Å². The zero-order valence-corrected chi connectivity index (χ0v) is 12.5. The zero-order valence-electron chi connectivity index (χ0n) is 12.5. The van der Waals surface area contributed by atoms with Crippen molar-refractivity contribution in [2.75, 3.05) is 11.9 Å². The molecule has 18 heavy (non-hydrogen) atoms. The Balaban J connectivity index is 2.64. The number of hydrogen-bond donors (Lipinski definition) is 1. The molecule has 0 aliphatic heterocycles. The van der Waals surface area contributed by atoms with E-state index >= 15 is 0 Å². The van der Waals surface area contributed by atoms with Crippen LogP contribution in [0, 0.1) is 0 Å². The van der Waals surface area contributed by atoms with Crippen molar-refractivity contribution < 1.29 is 0 Å². The van der Waals surface area contributed by atoms with Crippen LogP contribution in [0.5, 0.6) is 0 Å². The van der Waals surface area contributed by atoms with E-state index in [-0.39, 0.29) is 0 Å². The van der Waals surface area contributed by atoms with Gasteiger partial charge < -0.3 is 10.2 Å². The molecule has 0 spiro atoms. The number of nitrogens with one attached hydrogen (secondary N) is 1. The van der Waals surface area contributed by atoms with Crippen LogP contribution in [-0.4, -0.2) is 19.1 Å². The Kier molecular flexibility index (Phi) is 6.20. The molecule has 0 fully saturated rings. The van der Waals surface area contributed by atoms with Crippen molar-refractivity contribution in [3.8, 4) is 0 Å². The van der Waals surface area contributed by atoms with Gasteiger partial charge in [0.2, 0.25) is 0 Å². The number of rotatable bonds is 7. The Labute approximate surface area is 112 Å². The Morgan fingerprint density at radius 2 is 1.61 bits per heavy atom. The van der Waals surface area contributed by atoms with E-state index in [0.717, 1.165) is 6.54 Å². The molecule has 2 heteroatoms. The summed E-state index contributed by atoms with van der Waals surface area (Å²) in [4.78, 5) is 2.39. The molecule has 0 aliphatic rings. The van der Waals surface area contributed by atoms with Gasteiger partial charge in [0.05, 0.1) is 0 Å². The third-order valence-corrected chi connectivity index (χ3v) is 3.55. The standard InChI is InChI=1S/C16H28N2/c1-6-15(7-2)18(5)16-10-8-14(9-11-16)12-17-13(3)4/h8-11,13,15,17H,6-7,12H2,1-5H3. The lowest BCUT2D eigenvalue weighted by molar-refractivity contribution is 0.586. The van der Waals surface area contributed by atoms with Crippen molar-refractivity contribution in [1.29, 1.82) is 0 Å². The van der Waals surface area contributed by atoms with Gasteiger partial charge >= 0.3 is 0 Å². The van der Waals surface area contributed by atoms with E-state index in [1.165, 1.54) is 24.1 Å². The van der Waals surface area contributed by atoms with Gasteiger partial charge in [0.15, 0.2) is 0 Å². The fourth-order valence-electron chi connectivity index (χ4n) is 2.22. The summed E-state index contributed by atoms with van der Waals surface area (Å²) < 4.78 is 0. The van der Waals surface area contributed by atoms with Crippen molar-refractivity contribution in [3.63, 3.8) is 0 Å². The van der Waals surface area contributed by atoms with Crippen molar-refractivity contribution in [3.05, 3.63) is 29.8 Å². The SMILES string of the molecule is CCC(CC)N(C)c1ccc(CNC(C)C)cc1. The van der Waals surface area contributed by atoms with Gasteiger partial charge in [0, 0.05) is 31.4 Å². The number of nitrogens with zero attached hydrogens (tertiary/aromatic N) is 1. The molecular weight excluding hydrogens is 220 g/mol. The summed E-state index contributed by atoms with van der Waals surface area (Å²) >= 11 is 0. The van der Waals surface area contributed by atoms with Crippen molar-refractivity contribution in [2.45, 2.75) is 59.2 Å². The highest BCUT2D eigenvalue weighted by Crippen LogP contribution is 2.19. The molecule has 1 N–H and O–H groups in total. The normalized spacial score (nSPS) is 11.3. The minimum Gasteiger partial charge on any atom is -0.372 e. The van der Waals surface area contributed by atoms with E-state index < -0.39 is 0 Å². The highest BCUT2D eigenvalue weighted by atomic mass is 15.1. The summed E-state index contributed by atoms with van der Waals surface area (Å²) in [6, 6.07) is 10.1. The minimum absolute atomic E-state index is 0.539. The van der Waals surface area contributed by atoms with Gasteiger partial charge in [-0.05, 0) is 30.5 Å². The Morgan fingerprint density at radius 1 is 1.06 bits per heavy atom. The number of anilines is 1. The van der Waals surface area contributed by atoms with E-state index in [9.17, 15) is 0 Å². The molecule has 0 heterocycles. The third kappa shape index (κ3) is 4.34. The van der Waals surface area contributed by atoms with E-state index in [1.54, 1.807) is 0 Å². The lowest BCUT2D eigenvalue weighted by Gasteiger charge is -2.28. The first-order chi connectivity index (χ1) is 8.58. The molecule has 0 saturated carbocycles. The second-order valence-corrected chi connectivity index (χ2v) is 5.28. The maximum absolute atomic E-state index is 3.44. The van der Waals surface area contributed by atoms with E-state index in [1.807, 2.05) is 0 Å². The molecule has 1 aromatic carbocycles. The van der Waals surface area contributed by atoms with Gasteiger partial charge in [0.1, 0.15) is 0 Å². The largest absolute Gasteiger partial charge is 0.372 e. The van der Waals surface area contributed by atoms with Crippen LogP contribution < -0.4 is 10.2 Å². The topological polar surface area (TPSA) is 15.3 Å². The quantitative estimate of drug-likeness (QED) is 0.789. The zero-order chi connectivity index (χ0) is 13.5. The highest BCUT2D eigenvalue weighted by molar-refractivity contribution is 5.47. The van der Waals surface area contributed by atoms with Gasteiger partial charge in [0.25, 0.3) is 0 Å². The average molecular weight is 248 g/mol. The smallest absolute Gasteiger partial charge is 0.0366 e. The molecule has 0 amide bonds. The van der Waals surface area contributed by atoms with Crippen LogP contribution in [0.15, 0.2) is 24.3 Å². The Hall–Kier alpha value is -1.02. The highest BCUT2D eigenvalue weighted by Gasteiger charge is 2.10. The maximum Gasteiger partial charge on any atom is 0.0366 e. The molecular formula is C16H28N2. The van der Waals surface area contributed by atoms with Crippen LogP contribution in [-0.2, 0) is 6.54 Å². The molecule has 102 valence electrons. The van der Waals surface area contributed by atoms with Crippen LogP contribution >= 0.6 is 0 Å². The molecule has 0 atom stereocenters. The van der Waals surface area contributed by atoms with Gasteiger partial charge in [-0.25, -0.2) is 0 Å². The predicted octanol–water partition coefficient (Wildman–Crippen LogP) is 3.81. The number of hydrogen-bond acceptors (Lipinski definition) is 2. The molecule has 0 unspecified atom stereocenters. The first-order valence-corrected chi connectivity index (χ1v) is 7.13. The number of benzene rings is 1. The van der Waals surface area contributed by atoms with Crippen molar-refractivity contribution in [1.82, 2.24) is 5.32 Å². The Morgan fingerprint density at radius 3 is 2.06 bits per heavy atom. The van der Waals surface area contributed by atoms with Gasteiger partial charge in [-0.1, -0.05) is 39.8 Å². The molecule has 0 aromatic heterocycles. The molecule has 0 aliphatic carbocycles. The maximum atomic E-state index is 3.44. The van der Waals surface area contributed by atoms with Gasteiger partial charge in [-0.2, -0.15) is 0 Å². The van der Waals surface area contributed by atoms with Crippen LogP contribution in [0.4, 0.5) is 5.69 Å². The molecule has 1 rings (SSSR count). The van der Waals surface area contributed by atoms with Crippen molar-refractivity contribution in [2.24, 2.45) is 0 Å². The minimum atomic E-state index is 0.539. The first-order valence-electron chi connectivity index (χ1n) is 7.13. The fraction of sp³-hybridized carbons (Fsp3) is 0.625. The average Bonchev–Trinajstić information content (AvgIpc) is 2.38. The summed E-state index contributed by atoms with van der Waals surface area (Å²) in [5, 5.41) is 3.44.